The third-order valence-electron chi connectivity index (χ3n) is 3.86. The first-order valence-electron chi connectivity index (χ1n) is 6.74. The number of aromatic nitrogens is 1. The second kappa shape index (κ2) is 5.06. The molecule has 0 radical (unpaired) electrons. The number of carbonyl (C=O) groups is 1. The van der Waals surface area contributed by atoms with Gasteiger partial charge in [0.15, 0.2) is 0 Å². The molecular formula is C16H14FNO4. The van der Waals surface area contributed by atoms with E-state index in [0.29, 0.717) is 18.8 Å². The van der Waals surface area contributed by atoms with Gasteiger partial charge in [-0.05, 0) is 24.6 Å². The number of halogens is 1. The zero-order valence-corrected chi connectivity index (χ0v) is 11.9. The Bertz CT molecular complexity index is 791. The van der Waals surface area contributed by atoms with E-state index in [9.17, 15) is 19.1 Å². The number of benzene rings is 1. The number of aromatic carboxylic acids is 1. The summed E-state index contributed by atoms with van der Waals surface area (Å²) in [5, 5.41) is 9.26. The Hall–Kier alpha value is -2.47. The number of pyridine rings is 1. The third kappa shape index (κ3) is 2.31. The molecule has 0 bridgehead atoms. The van der Waals surface area contributed by atoms with E-state index in [1.807, 2.05) is 6.92 Å². The van der Waals surface area contributed by atoms with E-state index in [1.165, 1.54) is 30.5 Å². The van der Waals surface area contributed by atoms with E-state index in [4.69, 9.17) is 4.74 Å². The fraction of sp³-hybridized carbons (Fsp3) is 0.250. The molecule has 1 N–H and O–H groups in total. The van der Waals surface area contributed by atoms with Crippen LogP contribution in [0.3, 0.4) is 0 Å². The molecule has 0 atom stereocenters. The van der Waals surface area contributed by atoms with Gasteiger partial charge in [-0.3, -0.25) is 4.79 Å². The first-order valence-corrected chi connectivity index (χ1v) is 6.74. The third-order valence-corrected chi connectivity index (χ3v) is 3.86. The van der Waals surface area contributed by atoms with Crippen LogP contribution in [0, 0.1) is 5.82 Å². The van der Waals surface area contributed by atoms with Crippen LogP contribution in [0.1, 0.15) is 17.3 Å². The molecule has 1 fully saturated rings. The molecule has 0 spiro atoms. The van der Waals surface area contributed by atoms with Crippen molar-refractivity contribution in [1.29, 1.82) is 0 Å². The minimum atomic E-state index is -1.29. The summed E-state index contributed by atoms with van der Waals surface area (Å²) >= 11 is 0. The molecule has 1 saturated heterocycles. The number of nitrogens with zero attached hydrogens (tertiary/aromatic N) is 1. The molecule has 6 heteroatoms. The van der Waals surface area contributed by atoms with Crippen molar-refractivity contribution in [3.63, 3.8) is 0 Å². The maximum atomic E-state index is 13.0. The summed E-state index contributed by atoms with van der Waals surface area (Å²) in [5.74, 6) is -1.70. The smallest absolute Gasteiger partial charge is 0.341 e. The van der Waals surface area contributed by atoms with Crippen LogP contribution in [0.4, 0.5) is 4.39 Å². The van der Waals surface area contributed by atoms with E-state index in [-0.39, 0.29) is 16.7 Å². The van der Waals surface area contributed by atoms with E-state index >= 15 is 0 Å². The first kappa shape index (κ1) is 14.5. The highest BCUT2D eigenvalue weighted by molar-refractivity contribution is 5.88. The molecular weight excluding hydrogens is 289 g/mol. The fourth-order valence-corrected chi connectivity index (χ4v) is 2.42. The lowest BCUT2D eigenvalue weighted by Gasteiger charge is -2.40. The number of hydrogen-bond donors (Lipinski definition) is 1. The molecule has 0 amide bonds. The van der Waals surface area contributed by atoms with Crippen molar-refractivity contribution in [2.24, 2.45) is 0 Å². The summed E-state index contributed by atoms with van der Waals surface area (Å²) in [6.45, 7) is 2.80. The van der Waals surface area contributed by atoms with Crippen LogP contribution < -0.4 is 5.43 Å². The van der Waals surface area contributed by atoms with E-state index in [0.717, 1.165) is 0 Å². The van der Waals surface area contributed by atoms with Crippen LogP contribution in [0.5, 0.6) is 0 Å². The maximum absolute atomic E-state index is 13.0. The minimum absolute atomic E-state index is 0.230. The summed E-state index contributed by atoms with van der Waals surface area (Å²) in [5.41, 5.74) is -0.568. The number of hydrogen-bond acceptors (Lipinski definition) is 3. The molecule has 0 saturated carbocycles. The molecule has 2 heterocycles. The van der Waals surface area contributed by atoms with Gasteiger partial charge in [0.05, 0.1) is 18.8 Å². The molecule has 1 aliphatic rings. The van der Waals surface area contributed by atoms with Gasteiger partial charge in [0.2, 0.25) is 5.43 Å². The standard InChI is InChI=1S/C16H14FNO4/c1-16(8-22-9-16)18-6-12(10-2-4-11(17)5-3-10)14(19)13(7-18)15(20)21/h2-7H,8-9H2,1H3,(H,20,21). The van der Waals surface area contributed by atoms with Crippen molar-refractivity contribution in [3.8, 4) is 11.1 Å². The molecule has 0 aliphatic carbocycles. The quantitative estimate of drug-likeness (QED) is 0.943. The lowest BCUT2D eigenvalue weighted by atomic mass is 9.97. The van der Waals surface area contributed by atoms with E-state index < -0.39 is 17.2 Å². The number of rotatable bonds is 3. The number of ether oxygens (including phenoxy) is 1. The van der Waals surface area contributed by atoms with Crippen molar-refractivity contribution in [2.45, 2.75) is 12.5 Å². The normalized spacial score (nSPS) is 16.1. The van der Waals surface area contributed by atoms with Crippen molar-refractivity contribution in [3.05, 3.63) is 58.3 Å². The van der Waals surface area contributed by atoms with Gasteiger partial charge in [-0.2, -0.15) is 0 Å². The van der Waals surface area contributed by atoms with Crippen LogP contribution >= 0.6 is 0 Å². The first-order chi connectivity index (χ1) is 10.4. The minimum Gasteiger partial charge on any atom is -0.477 e. The Morgan fingerprint density at radius 1 is 1.27 bits per heavy atom. The largest absolute Gasteiger partial charge is 0.477 e. The maximum Gasteiger partial charge on any atom is 0.341 e. The summed E-state index contributed by atoms with van der Waals surface area (Å²) in [6, 6.07) is 5.39. The van der Waals surface area contributed by atoms with Gasteiger partial charge in [0.1, 0.15) is 11.4 Å². The zero-order chi connectivity index (χ0) is 15.9. The topological polar surface area (TPSA) is 68.5 Å². The Balaban J connectivity index is 2.22. The lowest BCUT2D eigenvalue weighted by molar-refractivity contribution is -0.0899. The molecule has 5 nitrogen and oxygen atoms in total. The number of carboxylic acid groups (broad SMARTS) is 1. The molecule has 0 unspecified atom stereocenters. The second-order valence-electron chi connectivity index (χ2n) is 5.62. The Morgan fingerprint density at radius 2 is 1.91 bits per heavy atom. The molecule has 3 rings (SSSR count). The molecule has 1 aliphatic heterocycles. The average Bonchev–Trinajstić information content (AvgIpc) is 2.46. The van der Waals surface area contributed by atoms with Crippen molar-refractivity contribution in [1.82, 2.24) is 4.57 Å². The molecule has 1 aromatic carbocycles. The van der Waals surface area contributed by atoms with Gasteiger partial charge in [-0.15, -0.1) is 0 Å². The van der Waals surface area contributed by atoms with Crippen LogP contribution in [0.15, 0.2) is 41.5 Å². The predicted molar refractivity (Wildman–Crippen MR) is 77.5 cm³/mol. The Kier molecular flexibility index (Phi) is 3.33. The van der Waals surface area contributed by atoms with Crippen molar-refractivity contribution < 1.29 is 19.0 Å². The van der Waals surface area contributed by atoms with Gasteiger partial charge in [-0.1, -0.05) is 12.1 Å². The van der Waals surface area contributed by atoms with Crippen LogP contribution in [-0.2, 0) is 10.3 Å². The summed E-state index contributed by atoms with van der Waals surface area (Å²) < 4.78 is 19.9. The summed E-state index contributed by atoms with van der Waals surface area (Å²) in [4.78, 5) is 23.7. The van der Waals surface area contributed by atoms with Gasteiger partial charge in [0, 0.05) is 18.0 Å². The van der Waals surface area contributed by atoms with Crippen molar-refractivity contribution in [2.75, 3.05) is 13.2 Å². The van der Waals surface area contributed by atoms with Crippen LogP contribution in [-0.4, -0.2) is 28.9 Å². The Labute approximate surface area is 125 Å². The highest BCUT2D eigenvalue weighted by atomic mass is 19.1. The summed E-state index contributed by atoms with van der Waals surface area (Å²) in [7, 11) is 0. The number of carboxylic acids is 1. The summed E-state index contributed by atoms with van der Waals surface area (Å²) in [6.07, 6.45) is 2.94. The van der Waals surface area contributed by atoms with Gasteiger partial charge in [-0.25, -0.2) is 9.18 Å². The van der Waals surface area contributed by atoms with Gasteiger partial charge in [0.25, 0.3) is 0 Å². The van der Waals surface area contributed by atoms with Crippen molar-refractivity contribution >= 4 is 5.97 Å². The monoisotopic (exact) mass is 303 g/mol. The zero-order valence-electron chi connectivity index (χ0n) is 11.9. The molecule has 114 valence electrons. The Morgan fingerprint density at radius 3 is 2.41 bits per heavy atom. The lowest BCUT2D eigenvalue weighted by Crippen LogP contribution is -2.49. The van der Waals surface area contributed by atoms with Crippen LogP contribution in [0.2, 0.25) is 0 Å². The fourth-order valence-electron chi connectivity index (χ4n) is 2.42. The predicted octanol–water partition coefficient (Wildman–Crippen LogP) is 2.10. The second-order valence-corrected chi connectivity index (χ2v) is 5.62. The van der Waals surface area contributed by atoms with Gasteiger partial charge < -0.3 is 14.4 Å². The highest BCUT2D eigenvalue weighted by Crippen LogP contribution is 2.27. The SMILES string of the molecule is CC1(n2cc(C(=O)O)c(=O)c(-c3ccc(F)cc3)c2)COC1. The highest BCUT2D eigenvalue weighted by Gasteiger charge is 2.35. The van der Waals surface area contributed by atoms with Crippen LogP contribution in [0.25, 0.3) is 11.1 Å². The average molecular weight is 303 g/mol. The van der Waals surface area contributed by atoms with E-state index in [1.54, 1.807) is 10.8 Å². The molecule has 22 heavy (non-hydrogen) atoms. The molecule has 1 aromatic heterocycles. The van der Waals surface area contributed by atoms with Gasteiger partial charge >= 0.3 is 5.97 Å². The molecule has 2 aromatic rings. The van der Waals surface area contributed by atoms with E-state index in [2.05, 4.69) is 0 Å².